The molecule has 16 heavy (non-hydrogen) atoms. The van der Waals surface area contributed by atoms with Gasteiger partial charge in [0.15, 0.2) is 0 Å². The van der Waals surface area contributed by atoms with Crippen molar-refractivity contribution in [2.45, 2.75) is 13.3 Å². The number of carboxylic acids is 1. The Labute approximate surface area is 97.2 Å². The molecule has 86 valence electrons. The topological polar surface area (TPSA) is 63.6 Å². The molecule has 0 bridgehead atoms. The molecule has 0 aromatic carbocycles. The number of hydrogen-bond acceptors (Lipinski definition) is 4. The Morgan fingerprint density at radius 2 is 2.31 bits per heavy atom. The number of thiophene rings is 1. The average molecular weight is 240 g/mol. The van der Waals surface area contributed by atoms with Gasteiger partial charge in [-0.3, -0.25) is 4.79 Å². The first-order valence-electron chi connectivity index (χ1n) is 4.76. The highest BCUT2D eigenvalue weighted by atomic mass is 32.1. The molecule has 1 N–H and O–H groups in total. The van der Waals surface area contributed by atoms with Gasteiger partial charge in [-0.25, -0.2) is 4.79 Å². The van der Waals surface area contributed by atoms with Crippen LogP contribution in [0.1, 0.15) is 18.2 Å². The molecule has 0 amide bonds. The van der Waals surface area contributed by atoms with Crippen LogP contribution in [-0.2, 0) is 14.3 Å². The smallest absolute Gasteiger partial charge is 0.334 e. The maximum atomic E-state index is 11.5. The largest absolute Gasteiger partial charge is 0.481 e. The van der Waals surface area contributed by atoms with E-state index in [4.69, 9.17) is 9.84 Å². The second kappa shape index (κ2) is 6.07. The number of esters is 1. The summed E-state index contributed by atoms with van der Waals surface area (Å²) in [4.78, 5) is 22.9. The summed E-state index contributed by atoms with van der Waals surface area (Å²) in [7, 11) is 0. The predicted molar refractivity (Wildman–Crippen MR) is 61.2 cm³/mol. The van der Waals surface area contributed by atoms with Gasteiger partial charge in [0.05, 0.1) is 13.0 Å². The van der Waals surface area contributed by atoms with Gasteiger partial charge < -0.3 is 9.84 Å². The van der Waals surface area contributed by atoms with E-state index in [9.17, 15) is 9.59 Å². The molecule has 0 spiro atoms. The Kier molecular flexibility index (Phi) is 4.72. The molecule has 4 nitrogen and oxygen atoms in total. The monoisotopic (exact) mass is 240 g/mol. The summed E-state index contributed by atoms with van der Waals surface area (Å²) in [6, 6.07) is 3.64. The maximum Gasteiger partial charge on any atom is 0.334 e. The van der Waals surface area contributed by atoms with Gasteiger partial charge in [-0.05, 0) is 24.4 Å². The van der Waals surface area contributed by atoms with Crippen LogP contribution >= 0.6 is 11.3 Å². The van der Waals surface area contributed by atoms with Crippen molar-refractivity contribution in [1.82, 2.24) is 0 Å². The third-order valence-electron chi connectivity index (χ3n) is 1.74. The van der Waals surface area contributed by atoms with Crippen molar-refractivity contribution in [2.24, 2.45) is 0 Å². The lowest BCUT2D eigenvalue weighted by molar-refractivity contribution is -0.142. The molecule has 1 rings (SSSR count). The van der Waals surface area contributed by atoms with Crippen molar-refractivity contribution < 1.29 is 19.4 Å². The quantitative estimate of drug-likeness (QED) is 0.632. The zero-order chi connectivity index (χ0) is 12.0. The minimum absolute atomic E-state index is 0.164. The summed E-state index contributed by atoms with van der Waals surface area (Å²) in [5, 5.41) is 10.5. The molecule has 0 saturated heterocycles. The van der Waals surface area contributed by atoms with Crippen LogP contribution in [-0.4, -0.2) is 23.7 Å². The zero-order valence-corrected chi connectivity index (χ0v) is 9.62. The lowest BCUT2D eigenvalue weighted by Crippen LogP contribution is -2.11. The van der Waals surface area contributed by atoms with Gasteiger partial charge in [0.1, 0.15) is 0 Å². The molecular formula is C11H12O4S. The normalized spacial score (nSPS) is 11.2. The molecule has 0 aliphatic carbocycles. The van der Waals surface area contributed by atoms with Gasteiger partial charge in [-0.1, -0.05) is 6.07 Å². The van der Waals surface area contributed by atoms with E-state index in [0.29, 0.717) is 0 Å². The van der Waals surface area contributed by atoms with E-state index >= 15 is 0 Å². The molecule has 0 radical (unpaired) electrons. The number of carboxylic acid groups (broad SMARTS) is 1. The second-order valence-electron chi connectivity index (χ2n) is 2.98. The van der Waals surface area contributed by atoms with Crippen LogP contribution in [0.15, 0.2) is 23.1 Å². The first-order valence-corrected chi connectivity index (χ1v) is 5.64. The van der Waals surface area contributed by atoms with E-state index in [2.05, 4.69) is 0 Å². The van der Waals surface area contributed by atoms with Crippen LogP contribution in [0.5, 0.6) is 0 Å². The fraction of sp³-hybridized carbons (Fsp3) is 0.273. The van der Waals surface area contributed by atoms with Gasteiger partial charge in [-0.15, -0.1) is 11.3 Å². The highest BCUT2D eigenvalue weighted by Crippen LogP contribution is 2.16. The molecule has 5 heteroatoms. The van der Waals surface area contributed by atoms with Gasteiger partial charge in [0.25, 0.3) is 0 Å². The Bertz CT molecular complexity index is 392. The second-order valence-corrected chi connectivity index (χ2v) is 3.96. The van der Waals surface area contributed by atoms with Crippen LogP contribution < -0.4 is 0 Å². The van der Waals surface area contributed by atoms with E-state index in [0.717, 1.165) is 4.88 Å². The van der Waals surface area contributed by atoms with Gasteiger partial charge in [0.2, 0.25) is 0 Å². The van der Waals surface area contributed by atoms with Crippen LogP contribution in [0.2, 0.25) is 0 Å². The number of aliphatic carboxylic acids is 1. The standard InChI is InChI=1S/C11H12O4S/c1-2-15-11(14)8(7-10(12)13)6-9-4-3-5-16-9/h3-6H,2,7H2,1H3,(H,12,13). The third-order valence-corrected chi connectivity index (χ3v) is 2.56. The molecule has 1 aromatic rings. The highest BCUT2D eigenvalue weighted by Gasteiger charge is 2.14. The van der Waals surface area contributed by atoms with Crippen LogP contribution in [0.4, 0.5) is 0 Å². The minimum Gasteiger partial charge on any atom is -0.481 e. The Balaban J connectivity index is 2.86. The summed E-state index contributed by atoms with van der Waals surface area (Å²) in [6.45, 7) is 1.92. The lowest BCUT2D eigenvalue weighted by Gasteiger charge is -2.03. The van der Waals surface area contributed by atoms with Gasteiger partial charge in [0, 0.05) is 10.5 Å². The van der Waals surface area contributed by atoms with Crippen LogP contribution in [0.25, 0.3) is 6.08 Å². The number of carbonyl (C=O) groups is 2. The first-order chi connectivity index (χ1) is 7.63. The Morgan fingerprint density at radius 1 is 1.56 bits per heavy atom. The Morgan fingerprint density at radius 3 is 2.81 bits per heavy atom. The van der Waals surface area contributed by atoms with Crippen molar-refractivity contribution >= 4 is 29.4 Å². The van der Waals surface area contributed by atoms with Crippen LogP contribution in [0.3, 0.4) is 0 Å². The summed E-state index contributed by atoms with van der Waals surface area (Å²) in [5.41, 5.74) is 0.164. The number of carbonyl (C=O) groups excluding carboxylic acids is 1. The zero-order valence-electron chi connectivity index (χ0n) is 8.80. The van der Waals surface area contributed by atoms with Gasteiger partial charge in [-0.2, -0.15) is 0 Å². The minimum atomic E-state index is -1.05. The van der Waals surface area contributed by atoms with Crippen molar-refractivity contribution in [1.29, 1.82) is 0 Å². The summed E-state index contributed by atoms with van der Waals surface area (Å²) in [6.07, 6.45) is 1.23. The van der Waals surface area contributed by atoms with E-state index in [-0.39, 0.29) is 18.6 Å². The summed E-state index contributed by atoms with van der Waals surface area (Å²) in [5.74, 6) is -1.62. The molecule has 1 aromatic heterocycles. The van der Waals surface area contributed by atoms with E-state index in [1.54, 1.807) is 13.0 Å². The molecule has 0 atom stereocenters. The fourth-order valence-corrected chi connectivity index (χ4v) is 1.80. The van der Waals surface area contributed by atoms with E-state index in [1.807, 2.05) is 17.5 Å². The molecule has 0 aliphatic heterocycles. The molecule has 0 unspecified atom stereocenters. The lowest BCUT2D eigenvalue weighted by atomic mass is 10.1. The average Bonchev–Trinajstić information content (AvgIpc) is 2.69. The third kappa shape index (κ3) is 3.86. The number of ether oxygens (including phenoxy) is 1. The van der Waals surface area contributed by atoms with E-state index < -0.39 is 11.9 Å². The maximum absolute atomic E-state index is 11.5. The fourth-order valence-electron chi connectivity index (χ4n) is 1.11. The first kappa shape index (κ1) is 12.4. The predicted octanol–water partition coefficient (Wildman–Crippen LogP) is 2.17. The number of hydrogen-bond donors (Lipinski definition) is 1. The van der Waals surface area contributed by atoms with Crippen molar-refractivity contribution in [3.63, 3.8) is 0 Å². The molecule has 1 heterocycles. The molecule has 0 saturated carbocycles. The van der Waals surface area contributed by atoms with Crippen molar-refractivity contribution in [3.8, 4) is 0 Å². The van der Waals surface area contributed by atoms with Crippen LogP contribution in [0, 0.1) is 0 Å². The number of rotatable bonds is 5. The SMILES string of the molecule is CCOC(=O)C(=Cc1cccs1)CC(=O)O. The summed E-state index contributed by atoms with van der Waals surface area (Å²) >= 11 is 1.44. The molecule has 0 fully saturated rings. The Hall–Kier alpha value is -1.62. The molecule has 0 aliphatic rings. The molecular weight excluding hydrogens is 228 g/mol. The summed E-state index contributed by atoms with van der Waals surface area (Å²) < 4.78 is 4.79. The van der Waals surface area contributed by atoms with E-state index in [1.165, 1.54) is 11.3 Å². The van der Waals surface area contributed by atoms with Crippen molar-refractivity contribution in [2.75, 3.05) is 6.61 Å². The highest BCUT2D eigenvalue weighted by molar-refractivity contribution is 7.10. The van der Waals surface area contributed by atoms with Gasteiger partial charge >= 0.3 is 11.9 Å². The van der Waals surface area contributed by atoms with Crippen molar-refractivity contribution in [3.05, 3.63) is 28.0 Å².